The topological polar surface area (TPSA) is 77.5 Å². The van der Waals surface area contributed by atoms with E-state index in [-0.39, 0.29) is 10.6 Å². The van der Waals surface area contributed by atoms with Crippen molar-refractivity contribution in [1.29, 1.82) is 0 Å². The van der Waals surface area contributed by atoms with E-state index in [0.29, 0.717) is 22.7 Å². The highest BCUT2D eigenvalue weighted by molar-refractivity contribution is 7.92. The van der Waals surface area contributed by atoms with Crippen molar-refractivity contribution in [1.82, 2.24) is 4.98 Å². The molecule has 0 atom stereocenters. The van der Waals surface area contributed by atoms with E-state index in [1.807, 2.05) is 48.5 Å². The summed E-state index contributed by atoms with van der Waals surface area (Å²) in [6.45, 7) is 0. The third kappa shape index (κ3) is 3.79. The van der Waals surface area contributed by atoms with Crippen LogP contribution in [0.5, 0.6) is 11.5 Å². The Morgan fingerprint density at radius 3 is 2.40 bits per heavy atom. The summed E-state index contributed by atoms with van der Waals surface area (Å²) in [5.74, 6) is 0.644. The van der Waals surface area contributed by atoms with Crippen LogP contribution < -0.4 is 14.2 Å². The second-order valence-corrected chi connectivity index (χ2v) is 8.21. The fourth-order valence-corrected chi connectivity index (χ4v) is 4.47. The summed E-state index contributed by atoms with van der Waals surface area (Å²) in [6.07, 6.45) is 0. The van der Waals surface area contributed by atoms with Crippen LogP contribution in [0.4, 0.5) is 5.69 Å². The van der Waals surface area contributed by atoms with Crippen LogP contribution in [0.1, 0.15) is 0 Å². The first-order valence-corrected chi connectivity index (χ1v) is 10.7. The Morgan fingerprint density at radius 1 is 0.833 bits per heavy atom. The van der Waals surface area contributed by atoms with E-state index in [4.69, 9.17) is 14.5 Å². The van der Waals surface area contributed by atoms with Crippen LogP contribution in [-0.4, -0.2) is 27.6 Å². The summed E-state index contributed by atoms with van der Waals surface area (Å²) in [5, 5.41) is 1.01. The van der Waals surface area contributed by atoms with Crippen molar-refractivity contribution in [2.45, 2.75) is 4.90 Å². The minimum Gasteiger partial charge on any atom is -0.497 e. The first-order chi connectivity index (χ1) is 14.5. The summed E-state index contributed by atoms with van der Waals surface area (Å²) in [4.78, 5) is 4.68. The van der Waals surface area contributed by atoms with E-state index in [1.165, 1.54) is 20.3 Å². The van der Waals surface area contributed by atoms with E-state index in [9.17, 15) is 8.42 Å². The van der Waals surface area contributed by atoms with Gasteiger partial charge in [-0.2, -0.15) is 0 Å². The Kier molecular flexibility index (Phi) is 5.29. The normalized spacial score (nSPS) is 11.3. The number of methoxy groups -OCH3 is 2. The van der Waals surface area contributed by atoms with Gasteiger partial charge in [-0.15, -0.1) is 0 Å². The molecule has 0 fully saturated rings. The Labute approximate surface area is 175 Å². The van der Waals surface area contributed by atoms with Gasteiger partial charge in [0.15, 0.2) is 0 Å². The molecule has 1 N–H and O–H groups in total. The SMILES string of the molecule is COc1ccc(OC)c(S(=O)(=O)Nc2ccccc2-c2ccc3ccccc3n2)c1. The monoisotopic (exact) mass is 420 g/mol. The van der Waals surface area contributed by atoms with Crippen molar-refractivity contribution >= 4 is 26.6 Å². The molecule has 0 aliphatic carbocycles. The van der Waals surface area contributed by atoms with Crippen LogP contribution in [0.15, 0.2) is 83.8 Å². The number of rotatable bonds is 6. The van der Waals surface area contributed by atoms with Gasteiger partial charge in [0.25, 0.3) is 10.0 Å². The number of ether oxygens (including phenoxy) is 2. The molecule has 0 aliphatic rings. The maximum absolute atomic E-state index is 13.2. The van der Waals surface area contributed by atoms with Gasteiger partial charge in [-0.05, 0) is 30.3 Å². The summed E-state index contributed by atoms with van der Waals surface area (Å²) >= 11 is 0. The Morgan fingerprint density at radius 2 is 1.60 bits per heavy atom. The molecule has 4 aromatic rings. The molecule has 4 rings (SSSR count). The number of benzene rings is 3. The van der Waals surface area contributed by atoms with Gasteiger partial charge in [0.1, 0.15) is 16.4 Å². The number of sulfonamides is 1. The lowest BCUT2D eigenvalue weighted by atomic mass is 10.1. The molecule has 0 saturated heterocycles. The molecule has 0 saturated carbocycles. The first kappa shape index (κ1) is 19.7. The number of nitrogens with zero attached hydrogens (tertiary/aromatic N) is 1. The minimum absolute atomic E-state index is 0.00868. The minimum atomic E-state index is -3.94. The molecule has 30 heavy (non-hydrogen) atoms. The molecular formula is C23H20N2O4S. The quantitative estimate of drug-likeness (QED) is 0.488. The molecular weight excluding hydrogens is 400 g/mol. The maximum atomic E-state index is 13.2. The van der Waals surface area contributed by atoms with Crippen LogP contribution in [0.3, 0.4) is 0 Å². The number of hydrogen-bond donors (Lipinski definition) is 1. The standard InChI is InChI=1S/C23H20N2O4S/c1-28-17-12-14-22(29-2)23(15-17)30(26,27)25-21-10-6-4-8-18(21)20-13-11-16-7-3-5-9-19(16)24-20/h3-15,25H,1-2H3. The molecule has 0 spiro atoms. The van der Waals surface area contributed by atoms with Crippen LogP contribution in [0.25, 0.3) is 22.2 Å². The van der Waals surface area contributed by atoms with Gasteiger partial charge in [-0.3, -0.25) is 4.72 Å². The van der Waals surface area contributed by atoms with Crippen molar-refractivity contribution in [2.75, 3.05) is 18.9 Å². The molecule has 0 amide bonds. The summed E-state index contributed by atoms with van der Waals surface area (Å²) in [5.41, 5.74) is 2.60. The molecule has 1 aromatic heterocycles. The Balaban J connectivity index is 1.77. The van der Waals surface area contributed by atoms with Crippen molar-refractivity contribution < 1.29 is 17.9 Å². The number of para-hydroxylation sites is 2. The van der Waals surface area contributed by atoms with Gasteiger partial charge in [0, 0.05) is 17.0 Å². The van der Waals surface area contributed by atoms with Crippen molar-refractivity contribution in [3.8, 4) is 22.8 Å². The molecule has 0 bridgehead atoms. The second-order valence-electron chi connectivity index (χ2n) is 6.56. The zero-order chi connectivity index (χ0) is 21.1. The molecule has 7 heteroatoms. The highest BCUT2D eigenvalue weighted by Gasteiger charge is 2.22. The van der Waals surface area contributed by atoms with E-state index < -0.39 is 10.0 Å². The Bertz CT molecular complexity index is 1320. The lowest BCUT2D eigenvalue weighted by Crippen LogP contribution is -2.15. The number of aromatic nitrogens is 1. The zero-order valence-corrected chi connectivity index (χ0v) is 17.3. The first-order valence-electron chi connectivity index (χ1n) is 9.22. The molecule has 0 radical (unpaired) electrons. The van der Waals surface area contributed by atoms with Crippen molar-refractivity contribution in [2.24, 2.45) is 0 Å². The van der Waals surface area contributed by atoms with Gasteiger partial charge in [0.2, 0.25) is 0 Å². The van der Waals surface area contributed by atoms with E-state index in [1.54, 1.807) is 24.3 Å². The van der Waals surface area contributed by atoms with Crippen LogP contribution in [-0.2, 0) is 10.0 Å². The van der Waals surface area contributed by atoms with Crippen LogP contribution >= 0.6 is 0 Å². The maximum Gasteiger partial charge on any atom is 0.265 e. The van der Waals surface area contributed by atoms with Crippen LogP contribution in [0, 0.1) is 0 Å². The number of pyridine rings is 1. The van der Waals surface area contributed by atoms with Crippen LogP contribution in [0.2, 0.25) is 0 Å². The Hall–Kier alpha value is -3.58. The molecule has 0 aliphatic heterocycles. The number of nitrogens with one attached hydrogen (secondary N) is 1. The van der Waals surface area contributed by atoms with Crippen molar-refractivity contribution in [3.63, 3.8) is 0 Å². The summed E-state index contributed by atoms with van der Waals surface area (Å²) < 4.78 is 39.4. The number of fused-ring (bicyclic) bond motifs is 1. The average molecular weight is 420 g/mol. The fraction of sp³-hybridized carbons (Fsp3) is 0.0870. The van der Waals surface area contributed by atoms with Gasteiger partial charge in [-0.25, -0.2) is 13.4 Å². The largest absolute Gasteiger partial charge is 0.497 e. The molecule has 6 nitrogen and oxygen atoms in total. The van der Waals surface area contributed by atoms with Gasteiger partial charge in [0.05, 0.1) is 31.1 Å². The summed E-state index contributed by atoms with van der Waals surface area (Å²) in [7, 11) is -1.04. The fourth-order valence-electron chi connectivity index (χ4n) is 3.21. The molecule has 152 valence electrons. The number of hydrogen-bond acceptors (Lipinski definition) is 5. The predicted molar refractivity (Wildman–Crippen MR) is 118 cm³/mol. The van der Waals surface area contributed by atoms with E-state index in [2.05, 4.69) is 4.72 Å². The highest BCUT2D eigenvalue weighted by Crippen LogP contribution is 2.33. The number of anilines is 1. The lowest BCUT2D eigenvalue weighted by molar-refractivity contribution is 0.392. The third-order valence-corrected chi connectivity index (χ3v) is 6.09. The third-order valence-electron chi connectivity index (χ3n) is 4.71. The molecule has 3 aromatic carbocycles. The second kappa shape index (κ2) is 8.04. The van der Waals surface area contributed by atoms with E-state index in [0.717, 1.165) is 10.9 Å². The molecule has 1 heterocycles. The predicted octanol–water partition coefficient (Wildman–Crippen LogP) is 4.72. The molecule has 0 unspecified atom stereocenters. The zero-order valence-electron chi connectivity index (χ0n) is 16.5. The summed E-state index contributed by atoms with van der Waals surface area (Å²) in [6, 6.07) is 23.4. The van der Waals surface area contributed by atoms with Gasteiger partial charge >= 0.3 is 0 Å². The van der Waals surface area contributed by atoms with Crippen molar-refractivity contribution in [3.05, 3.63) is 78.9 Å². The van der Waals surface area contributed by atoms with Gasteiger partial charge in [-0.1, -0.05) is 42.5 Å². The van der Waals surface area contributed by atoms with E-state index >= 15 is 0 Å². The lowest BCUT2D eigenvalue weighted by Gasteiger charge is -2.15. The highest BCUT2D eigenvalue weighted by atomic mass is 32.2. The average Bonchev–Trinajstić information content (AvgIpc) is 2.78. The van der Waals surface area contributed by atoms with Gasteiger partial charge < -0.3 is 9.47 Å². The smallest absolute Gasteiger partial charge is 0.265 e.